The standard InChI is InChI=1S/C18H21F2N/c1-12(2)14-5-3-13(4-6-14)9-15(11-21)17-10-16(19)7-8-18(17)20/h3-8,10,12,15H,9,11,21H2,1-2H3. The van der Waals surface area contributed by atoms with Crippen molar-refractivity contribution in [2.75, 3.05) is 6.54 Å². The van der Waals surface area contributed by atoms with E-state index < -0.39 is 11.6 Å². The van der Waals surface area contributed by atoms with E-state index in [0.29, 0.717) is 17.9 Å². The van der Waals surface area contributed by atoms with Gasteiger partial charge in [-0.2, -0.15) is 0 Å². The van der Waals surface area contributed by atoms with Crippen LogP contribution in [0.4, 0.5) is 8.78 Å². The first-order valence-electron chi connectivity index (χ1n) is 7.25. The van der Waals surface area contributed by atoms with Crippen molar-refractivity contribution in [3.63, 3.8) is 0 Å². The summed E-state index contributed by atoms with van der Waals surface area (Å²) in [5.41, 5.74) is 8.46. The monoisotopic (exact) mass is 289 g/mol. The molecule has 112 valence electrons. The van der Waals surface area contributed by atoms with Gasteiger partial charge in [0, 0.05) is 5.92 Å². The minimum atomic E-state index is -0.431. The highest BCUT2D eigenvalue weighted by atomic mass is 19.1. The lowest BCUT2D eigenvalue weighted by molar-refractivity contribution is 0.557. The van der Waals surface area contributed by atoms with Crippen LogP contribution in [0.2, 0.25) is 0 Å². The molecule has 21 heavy (non-hydrogen) atoms. The topological polar surface area (TPSA) is 26.0 Å². The Morgan fingerprint density at radius 3 is 2.24 bits per heavy atom. The summed E-state index contributed by atoms with van der Waals surface area (Å²) in [5, 5.41) is 0. The van der Waals surface area contributed by atoms with Gasteiger partial charge >= 0.3 is 0 Å². The van der Waals surface area contributed by atoms with Crippen LogP contribution in [0.3, 0.4) is 0 Å². The second-order valence-electron chi connectivity index (χ2n) is 5.70. The Labute approximate surface area is 124 Å². The minimum absolute atomic E-state index is 0.217. The normalized spacial score (nSPS) is 12.7. The zero-order valence-electron chi connectivity index (χ0n) is 12.4. The van der Waals surface area contributed by atoms with Crippen molar-refractivity contribution < 1.29 is 8.78 Å². The van der Waals surface area contributed by atoms with Gasteiger partial charge in [0.2, 0.25) is 0 Å². The quantitative estimate of drug-likeness (QED) is 0.869. The molecule has 0 saturated carbocycles. The molecule has 0 aliphatic rings. The molecule has 3 heteroatoms. The summed E-state index contributed by atoms with van der Waals surface area (Å²) in [6, 6.07) is 11.8. The SMILES string of the molecule is CC(C)c1ccc(CC(CN)c2cc(F)ccc2F)cc1. The van der Waals surface area contributed by atoms with Crippen LogP contribution in [0.1, 0.15) is 42.4 Å². The predicted octanol–water partition coefficient (Wildman–Crippen LogP) is 4.37. The summed E-state index contributed by atoms with van der Waals surface area (Å²) in [6.45, 7) is 4.56. The van der Waals surface area contributed by atoms with Crippen LogP contribution < -0.4 is 5.73 Å². The van der Waals surface area contributed by atoms with Crippen LogP contribution >= 0.6 is 0 Å². The van der Waals surface area contributed by atoms with Crippen molar-refractivity contribution in [1.82, 2.24) is 0 Å². The van der Waals surface area contributed by atoms with Crippen LogP contribution in [0.15, 0.2) is 42.5 Å². The van der Waals surface area contributed by atoms with Gasteiger partial charge in [0.15, 0.2) is 0 Å². The van der Waals surface area contributed by atoms with E-state index in [4.69, 9.17) is 5.73 Å². The number of nitrogens with two attached hydrogens (primary N) is 1. The van der Waals surface area contributed by atoms with E-state index in [1.165, 1.54) is 11.6 Å². The minimum Gasteiger partial charge on any atom is -0.330 e. The van der Waals surface area contributed by atoms with Gasteiger partial charge < -0.3 is 5.73 Å². The lowest BCUT2D eigenvalue weighted by Crippen LogP contribution is -2.16. The highest BCUT2D eigenvalue weighted by Gasteiger charge is 2.16. The molecule has 0 heterocycles. The molecule has 2 aromatic carbocycles. The zero-order chi connectivity index (χ0) is 15.4. The van der Waals surface area contributed by atoms with Crippen molar-refractivity contribution in [2.24, 2.45) is 5.73 Å². The predicted molar refractivity (Wildman–Crippen MR) is 82.4 cm³/mol. The third-order valence-corrected chi connectivity index (χ3v) is 3.81. The molecule has 0 spiro atoms. The van der Waals surface area contributed by atoms with Crippen LogP contribution in [-0.4, -0.2) is 6.54 Å². The lowest BCUT2D eigenvalue weighted by atomic mass is 9.90. The first-order valence-corrected chi connectivity index (χ1v) is 7.25. The third kappa shape index (κ3) is 3.88. The van der Waals surface area contributed by atoms with Gasteiger partial charge in [-0.1, -0.05) is 38.1 Å². The molecular formula is C18H21F2N. The van der Waals surface area contributed by atoms with Crippen LogP contribution in [0.25, 0.3) is 0 Å². The fraction of sp³-hybridized carbons (Fsp3) is 0.333. The molecule has 2 N–H and O–H groups in total. The third-order valence-electron chi connectivity index (χ3n) is 3.81. The van der Waals surface area contributed by atoms with Gasteiger partial charge in [-0.05, 0) is 53.8 Å². The van der Waals surface area contributed by atoms with Crippen LogP contribution in [0, 0.1) is 11.6 Å². The fourth-order valence-corrected chi connectivity index (χ4v) is 2.47. The molecule has 0 amide bonds. The van der Waals surface area contributed by atoms with E-state index in [1.807, 2.05) is 12.1 Å². The fourth-order valence-electron chi connectivity index (χ4n) is 2.47. The summed E-state index contributed by atoms with van der Waals surface area (Å²) in [6.07, 6.45) is 0.606. The van der Waals surface area contributed by atoms with Crippen molar-refractivity contribution in [2.45, 2.75) is 32.1 Å². The molecule has 0 aliphatic heterocycles. The van der Waals surface area contributed by atoms with E-state index in [-0.39, 0.29) is 12.5 Å². The van der Waals surface area contributed by atoms with Crippen LogP contribution in [-0.2, 0) is 6.42 Å². The van der Waals surface area contributed by atoms with Crippen molar-refractivity contribution in [3.8, 4) is 0 Å². The number of rotatable bonds is 5. The van der Waals surface area contributed by atoms with E-state index in [0.717, 1.165) is 17.7 Å². The molecular weight excluding hydrogens is 268 g/mol. The first-order chi connectivity index (χ1) is 10.0. The molecule has 1 unspecified atom stereocenters. The number of benzene rings is 2. The highest BCUT2D eigenvalue weighted by molar-refractivity contribution is 5.29. The number of halogens is 2. The highest BCUT2D eigenvalue weighted by Crippen LogP contribution is 2.24. The van der Waals surface area contributed by atoms with Gasteiger partial charge in [-0.15, -0.1) is 0 Å². The maximum atomic E-state index is 13.9. The smallest absolute Gasteiger partial charge is 0.126 e. The second kappa shape index (κ2) is 6.81. The van der Waals surface area contributed by atoms with E-state index in [9.17, 15) is 8.78 Å². The van der Waals surface area contributed by atoms with Gasteiger partial charge in [0.1, 0.15) is 11.6 Å². The van der Waals surface area contributed by atoms with Crippen molar-refractivity contribution in [1.29, 1.82) is 0 Å². The molecule has 0 radical (unpaired) electrons. The van der Waals surface area contributed by atoms with E-state index >= 15 is 0 Å². The maximum Gasteiger partial charge on any atom is 0.126 e. The average Bonchev–Trinajstić information content (AvgIpc) is 2.48. The summed E-state index contributed by atoms with van der Waals surface area (Å²) in [7, 11) is 0. The molecule has 0 aromatic heterocycles. The molecule has 0 saturated heterocycles. The van der Waals surface area contributed by atoms with E-state index in [2.05, 4.69) is 26.0 Å². The molecule has 1 nitrogen and oxygen atoms in total. The van der Waals surface area contributed by atoms with Gasteiger partial charge in [-0.25, -0.2) is 8.78 Å². The number of hydrogen-bond acceptors (Lipinski definition) is 1. The summed E-state index contributed by atoms with van der Waals surface area (Å²) < 4.78 is 27.2. The Kier molecular flexibility index (Phi) is 5.07. The van der Waals surface area contributed by atoms with Crippen molar-refractivity contribution in [3.05, 3.63) is 70.8 Å². The first kappa shape index (κ1) is 15.6. The molecule has 0 bridgehead atoms. The molecule has 1 atom stereocenters. The van der Waals surface area contributed by atoms with Crippen LogP contribution in [0.5, 0.6) is 0 Å². The number of hydrogen-bond donors (Lipinski definition) is 1. The molecule has 0 fully saturated rings. The molecule has 2 aromatic rings. The van der Waals surface area contributed by atoms with E-state index in [1.54, 1.807) is 0 Å². The van der Waals surface area contributed by atoms with Gasteiger partial charge in [0.25, 0.3) is 0 Å². The Morgan fingerprint density at radius 2 is 1.67 bits per heavy atom. The summed E-state index contributed by atoms with van der Waals surface area (Å²) in [5.74, 6) is -0.568. The summed E-state index contributed by atoms with van der Waals surface area (Å²) in [4.78, 5) is 0. The lowest BCUT2D eigenvalue weighted by Gasteiger charge is -2.17. The average molecular weight is 289 g/mol. The molecule has 2 rings (SSSR count). The Hall–Kier alpha value is -1.74. The summed E-state index contributed by atoms with van der Waals surface area (Å²) >= 11 is 0. The Bertz CT molecular complexity index is 591. The Balaban J connectivity index is 2.20. The second-order valence-corrected chi connectivity index (χ2v) is 5.70. The van der Waals surface area contributed by atoms with Crippen molar-refractivity contribution >= 4 is 0 Å². The van der Waals surface area contributed by atoms with Gasteiger partial charge in [0.05, 0.1) is 0 Å². The largest absolute Gasteiger partial charge is 0.330 e. The van der Waals surface area contributed by atoms with Gasteiger partial charge in [-0.3, -0.25) is 0 Å². The Morgan fingerprint density at radius 1 is 1.00 bits per heavy atom. The molecule has 0 aliphatic carbocycles. The maximum absolute atomic E-state index is 13.9. The zero-order valence-corrected chi connectivity index (χ0v) is 12.4.